The first-order valence-electron chi connectivity index (χ1n) is 24.2. The highest BCUT2D eigenvalue weighted by molar-refractivity contribution is 5.98. The van der Waals surface area contributed by atoms with Crippen LogP contribution in [0.2, 0.25) is 0 Å². The molecular formula is C48H81N11O12. The third kappa shape index (κ3) is 23.4. The lowest BCUT2D eigenvalue weighted by Crippen LogP contribution is -2.61. The molecule has 1 aromatic rings. The van der Waals surface area contributed by atoms with Crippen LogP contribution in [0.25, 0.3) is 0 Å². The molecule has 1 rings (SSSR count). The minimum Gasteiger partial charge on any atom is -0.508 e. The van der Waals surface area contributed by atoms with Gasteiger partial charge in [0.05, 0.1) is 19.0 Å². The van der Waals surface area contributed by atoms with Crippen molar-refractivity contribution in [2.45, 2.75) is 163 Å². The Morgan fingerprint density at radius 1 is 0.535 bits per heavy atom. The van der Waals surface area contributed by atoms with E-state index in [1.807, 2.05) is 0 Å². The highest BCUT2D eigenvalue weighted by Gasteiger charge is 2.35. The van der Waals surface area contributed by atoms with Crippen molar-refractivity contribution in [2.75, 3.05) is 13.1 Å². The van der Waals surface area contributed by atoms with Crippen LogP contribution in [0.3, 0.4) is 0 Å². The van der Waals surface area contributed by atoms with Crippen molar-refractivity contribution >= 4 is 59.1 Å². The summed E-state index contributed by atoms with van der Waals surface area (Å²) in [5.74, 6) is -10.2. The van der Waals surface area contributed by atoms with Gasteiger partial charge in [0.2, 0.25) is 53.2 Å². The number of carboxylic acid groups (broad SMARTS) is 1. The van der Waals surface area contributed by atoms with E-state index in [4.69, 9.17) is 17.2 Å². The van der Waals surface area contributed by atoms with E-state index in [9.17, 15) is 58.2 Å². The molecule has 0 saturated carbocycles. The van der Waals surface area contributed by atoms with Gasteiger partial charge in [0.15, 0.2) is 0 Å². The van der Waals surface area contributed by atoms with Crippen LogP contribution in [0.5, 0.6) is 5.75 Å². The second kappa shape index (κ2) is 31.1. The fraction of sp³-hybridized carbons (Fsp3) is 0.667. The van der Waals surface area contributed by atoms with E-state index < -0.39 is 132 Å². The molecule has 0 aliphatic heterocycles. The number of carbonyl (C=O) groups excluding carboxylic acids is 9. The Hall–Kier alpha value is -6.36. The molecule has 0 aliphatic rings. The Labute approximate surface area is 416 Å². The van der Waals surface area contributed by atoms with Crippen LogP contribution < -0.4 is 59.7 Å². The molecule has 400 valence electrons. The van der Waals surface area contributed by atoms with Crippen LogP contribution in [0.1, 0.15) is 113 Å². The van der Waals surface area contributed by atoms with Crippen LogP contribution in [0, 0.1) is 29.6 Å². The topological polar surface area (TPSA) is 385 Å². The van der Waals surface area contributed by atoms with Crippen molar-refractivity contribution in [1.82, 2.24) is 42.5 Å². The number of primary amides is 1. The molecule has 23 nitrogen and oxygen atoms in total. The molecule has 23 heteroatoms. The zero-order valence-electron chi connectivity index (χ0n) is 42.9. The summed E-state index contributed by atoms with van der Waals surface area (Å²) in [6.07, 6.45) is 0.493. The van der Waals surface area contributed by atoms with Crippen LogP contribution in [-0.2, 0) is 54.4 Å². The van der Waals surface area contributed by atoms with Crippen LogP contribution in [-0.4, -0.2) is 131 Å². The van der Waals surface area contributed by atoms with E-state index in [1.165, 1.54) is 12.1 Å². The summed E-state index contributed by atoms with van der Waals surface area (Å²) >= 11 is 0. The molecule has 0 radical (unpaired) electrons. The van der Waals surface area contributed by atoms with Gasteiger partial charge < -0.3 is 69.9 Å². The number of phenolic OH excluding ortho intramolecular Hbond substituents is 1. The number of phenols is 1. The number of aromatic hydroxyl groups is 1. The summed E-state index contributed by atoms with van der Waals surface area (Å²) < 4.78 is 0. The highest BCUT2D eigenvalue weighted by atomic mass is 16.4. The molecular weight excluding hydrogens is 923 g/mol. The van der Waals surface area contributed by atoms with Gasteiger partial charge in [-0.2, -0.15) is 0 Å². The number of hydrogen-bond donors (Lipinski definition) is 13. The third-order valence-corrected chi connectivity index (χ3v) is 11.2. The Balaban J connectivity index is 3.23. The van der Waals surface area contributed by atoms with Crippen LogP contribution in [0.15, 0.2) is 24.3 Å². The number of nitrogens with two attached hydrogens (primary N) is 3. The maximum Gasteiger partial charge on any atom is 0.326 e. The zero-order valence-corrected chi connectivity index (χ0v) is 42.9. The van der Waals surface area contributed by atoms with Gasteiger partial charge in [0.25, 0.3) is 0 Å². The van der Waals surface area contributed by atoms with Crippen molar-refractivity contribution in [3.63, 3.8) is 0 Å². The smallest absolute Gasteiger partial charge is 0.326 e. The number of unbranched alkanes of at least 4 members (excludes halogenated alkanes) is 1. The molecule has 0 aromatic heterocycles. The Kier molecular flexibility index (Phi) is 27.4. The van der Waals surface area contributed by atoms with Crippen molar-refractivity contribution in [2.24, 2.45) is 46.8 Å². The average Bonchev–Trinajstić information content (AvgIpc) is 3.27. The number of carboxylic acids is 1. The molecule has 0 unspecified atom stereocenters. The molecule has 0 bridgehead atoms. The Bertz CT molecular complexity index is 1960. The van der Waals surface area contributed by atoms with E-state index >= 15 is 0 Å². The van der Waals surface area contributed by atoms with Gasteiger partial charge in [-0.3, -0.25) is 43.2 Å². The van der Waals surface area contributed by atoms with Gasteiger partial charge in [0, 0.05) is 6.42 Å². The maximum atomic E-state index is 14.0. The lowest BCUT2D eigenvalue weighted by Gasteiger charge is -2.29. The Morgan fingerprint density at radius 2 is 1.00 bits per heavy atom. The first-order chi connectivity index (χ1) is 33.1. The predicted octanol–water partition coefficient (Wildman–Crippen LogP) is -1.08. The second-order valence-corrected chi connectivity index (χ2v) is 19.7. The minimum absolute atomic E-state index is 0.00572. The largest absolute Gasteiger partial charge is 0.508 e. The van der Waals surface area contributed by atoms with E-state index in [-0.39, 0.29) is 49.2 Å². The summed E-state index contributed by atoms with van der Waals surface area (Å²) in [6, 6.07) is -3.93. The lowest BCUT2D eigenvalue weighted by molar-refractivity contribution is -0.143. The molecule has 0 heterocycles. The third-order valence-electron chi connectivity index (χ3n) is 11.2. The van der Waals surface area contributed by atoms with Gasteiger partial charge in [-0.1, -0.05) is 81.4 Å². The number of nitrogens with one attached hydrogen (secondary N) is 8. The van der Waals surface area contributed by atoms with Gasteiger partial charge >= 0.3 is 5.97 Å². The number of amides is 9. The van der Waals surface area contributed by atoms with E-state index in [0.29, 0.717) is 24.9 Å². The molecule has 0 spiro atoms. The van der Waals surface area contributed by atoms with Gasteiger partial charge in [-0.25, -0.2) is 4.79 Å². The SMILES string of the molecule is CC(C)C[C@H](NC(=O)[C@H](CC(C)C)NC(=O)[C@H](CC(N)=O)NC(=O)CNC(=O)[C@@H](NC(=O)[C@@H](NC(=O)[C@H](CCCCN)NC(=O)[C@H](Cc1ccc(O)cc1)NC(=O)[C@@H](N)C(C)C)C(C)C)C(C)C)C(=O)O. The van der Waals surface area contributed by atoms with Gasteiger partial charge in [-0.05, 0) is 85.9 Å². The summed E-state index contributed by atoms with van der Waals surface area (Å²) in [5, 5.41) is 39.8. The standard InChI is InChI=1S/C48H81N11O12/c1-24(2)19-32(42(64)57-35(48(70)71)20-25(3)4)55-44(66)34(22-36(50)61)53-37(62)23-52-46(68)39(27(7)8)59-47(69)40(28(9)10)58-41(63)31(13-11-12-18-49)54-43(65)33(56-45(67)38(51)26(5)6)21-29-14-16-30(60)17-15-29/h14-17,24-28,31-35,38-40,60H,11-13,18-23,49,51H2,1-10H3,(H2,50,61)(H,52,68)(H,53,62)(H,54,65)(H,55,66)(H,56,67)(H,57,64)(H,58,63)(H,59,69)(H,70,71)/t31-,32-,33-,34-,35-,38-,39-,40-/m0/s1. The van der Waals surface area contributed by atoms with Crippen molar-refractivity contribution in [3.05, 3.63) is 29.8 Å². The van der Waals surface area contributed by atoms with E-state index in [1.54, 1.807) is 81.4 Å². The molecule has 9 amide bonds. The number of carbonyl (C=O) groups is 10. The molecule has 16 N–H and O–H groups in total. The highest BCUT2D eigenvalue weighted by Crippen LogP contribution is 2.15. The monoisotopic (exact) mass is 1000 g/mol. The summed E-state index contributed by atoms with van der Waals surface area (Å²) in [6.45, 7) is 16.7. The fourth-order valence-corrected chi connectivity index (χ4v) is 7.12. The number of rotatable bonds is 32. The van der Waals surface area contributed by atoms with Gasteiger partial charge in [0.1, 0.15) is 48.0 Å². The zero-order chi connectivity index (χ0) is 54.3. The first-order valence-corrected chi connectivity index (χ1v) is 24.2. The lowest BCUT2D eigenvalue weighted by atomic mass is 9.98. The molecule has 8 atom stereocenters. The predicted molar refractivity (Wildman–Crippen MR) is 264 cm³/mol. The van der Waals surface area contributed by atoms with Crippen LogP contribution >= 0.6 is 0 Å². The molecule has 1 aromatic carbocycles. The molecule has 71 heavy (non-hydrogen) atoms. The first kappa shape index (κ1) is 62.7. The van der Waals surface area contributed by atoms with E-state index in [0.717, 1.165) is 0 Å². The second-order valence-electron chi connectivity index (χ2n) is 19.7. The molecule has 0 saturated heterocycles. The fourth-order valence-electron chi connectivity index (χ4n) is 7.12. The quantitative estimate of drug-likeness (QED) is 0.0382. The number of aliphatic carboxylic acids is 1. The Morgan fingerprint density at radius 3 is 1.51 bits per heavy atom. The summed E-state index contributed by atoms with van der Waals surface area (Å²) in [5.41, 5.74) is 17.8. The number of hydrogen-bond acceptors (Lipinski definition) is 13. The number of benzene rings is 1. The minimum atomic E-state index is -1.60. The molecule has 0 aliphatic carbocycles. The normalized spacial score (nSPS) is 14.8. The van der Waals surface area contributed by atoms with Crippen LogP contribution in [0.4, 0.5) is 0 Å². The van der Waals surface area contributed by atoms with Crippen molar-refractivity contribution in [1.29, 1.82) is 0 Å². The van der Waals surface area contributed by atoms with E-state index in [2.05, 4.69) is 42.5 Å². The van der Waals surface area contributed by atoms with Crippen molar-refractivity contribution in [3.8, 4) is 5.75 Å². The summed E-state index contributed by atoms with van der Waals surface area (Å²) in [4.78, 5) is 132. The van der Waals surface area contributed by atoms with Crippen molar-refractivity contribution < 1.29 is 58.2 Å². The average molecular weight is 1000 g/mol. The molecule has 0 fully saturated rings. The maximum absolute atomic E-state index is 14.0. The van der Waals surface area contributed by atoms with Gasteiger partial charge in [-0.15, -0.1) is 0 Å². The summed E-state index contributed by atoms with van der Waals surface area (Å²) in [7, 11) is 0.